The summed E-state index contributed by atoms with van der Waals surface area (Å²) in [5, 5.41) is 54.3. The highest BCUT2D eigenvalue weighted by atomic mass is 16.6. The fraction of sp³-hybridized carbons (Fsp3) is 0.929. The Bertz CT molecular complexity index is 728. The predicted octanol–water partition coefficient (Wildman–Crippen LogP) is 1.33. The minimum absolute atomic E-state index is 0.0160. The third-order valence-electron chi connectivity index (χ3n) is 7.93. The van der Waals surface area contributed by atoms with Crippen molar-refractivity contribution in [3.05, 3.63) is 0 Å². The van der Waals surface area contributed by atoms with Gasteiger partial charge in [-0.05, 0) is 18.3 Å². The highest BCUT2D eigenvalue weighted by Crippen LogP contribution is 2.33. The van der Waals surface area contributed by atoms with Crippen molar-refractivity contribution in [1.82, 2.24) is 5.32 Å². The Morgan fingerprint density at radius 2 is 1.61 bits per heavy atom. The molecule has 224 valence electrons. The number of nitrogens with one attached hydrogen (secondary N) is 1. The van der Waals surface area contributed by atoms with Crippen molar-refractivity contribution in [1.29, 1.82) is 0 Å². The molecule has 0 aromatic carbocycles. The van der Waals surface area contributed by atoms with Gasteiger partial charge in [0, 0.05) is 24.3 Å². The normalized spacial score (nSPS) is 26.8. The molecule has 0 aromatic rings. The van der Waals surface area contributed by atoms with Crippen molar-refractivity contribution >= 4 is 11.7 Å². The second kappa shape index (κ2) is 15.6. The maximum Gasteiger partial charge on any atom is 0.222 e. The molecule has 1 heterocycles. The van der Waals surface area contributed by atoms with E-state index < -0.39 is 54.7 Å². The second-order valence-corrected chi connectivity index (χ2v) is 12.2. The zero-order valence-corrected chi connectivity index (χ0v) is 24.4. The highest BCUT2D eigenvalue weighted by molar-refractivity contribution is 5.84. The minimum atomic E-state index is -1.42. The van der Waals surface area contributed by atoms with Gasteiger partial charge in [-0.1, -0.05) is 61.3 Å². The van der Waals surface area contributed by atoms with Crippen LogP contribution in [0.2, 0.25) is 0 Å². The van der Waals surface area contributed by atoms with Crippen LogP contribution in [0.5, 0.6) is 0 Å². The lowest BCUT2D eigenvalue weighted by molar-refractivity contribution is -0.179. The van der Waals surface area contributed by atoms with Gasteiger partial charge in [0.25, 0.3) is 0 Å². The molecule has 1 saturated heterocycles. The molecule has 2 unspecified atom stereocenters. The smallest absolute Gasteiger partial charge is 0.222 e. The predicted molar refractivity (Wildman–Crippen MR) is 143 cm³/mol. The van der Waals surface area contributed by atoms with E-state index in [1.165, 1.54) is 0 Å². The van der Waals surface area contributed by atoms with E-state index in [4.69, 9.17) is 9.47 Å². The first kappa shape index (κ1) is 34.9. The van der Waals surface area contributed by atoms with E-state index >= 15 is 0 Å². The Hall–Kier alpha value is -1.14. The molecular weight excluding hydrogens is 494 g/mol. The van der Waals surface area contributed by atoms with E-state index in [-0.39, 0.29) is 61.9 Å². The van der Waals surface area contributed by atoms with Crippen molar-refractivity contribution in [2.24, 2.45) is 17.3 Å². The first-order valence-electron chi connectivity index (χ1n) is 14.0. The van der Waals surface area contributed by atoms with E-state index in [9.17, 15) is 35.1 Å². The molecule has 9 atom stereocenters. The van der Waals surface area contributed by atoms with Gasteiger partial charge in [-0.25, -0.2) is 0 Å². The number of carbonyl (C=O) groups is 2. The number of ether oxygens (including phenoxy) is 2. The van der Waals surface area contributed by atoms with E-state index in [1.54, 1.807) is 0 Å². The summed E-state index contributed by atoms with van der Waals surface area (Å²) in [6.07, 6.45) is -3.01. The number of hydrogen-bond donors (Lipinski definition) is 6. The lowest BCUT2D eigenvalue weighted by Crippen LogP contribution is -2.53. The van der Waals surface area contributed by atoms with Crippen molar-refractivity contribution in [3.63, 3.8) is 0 Å². The third kappa shape index (κ3) is 10.1. The van der Waals surface area contributed by atoms with Gasteiger partial charge in [0.05, 0.1) is 44.6 Å². The van der Waals surface area contributed by atoms with E-state index in [1.807, 2.05) is 48.5 Å². The molecule has 0 spiro atoms. The van der Waals surface area contributed by atoms with Crippen LogP contribution in [0.15, 0.2) is 0 Å². The number of hydrogen-bond acceptors (Lipinski definition) is 9. The van der Waals surface area contributed by atoms with Crippen LogP contribution in [0.25, 0.3) is 0 Å². The summed E-state index contributed by atoms with van der Waals surface area (Å²) in [6, 6.07) is -0.358. The van der Waals surface area contributed by atoms with Crippen LogP contribution in [0.4, 0.5) is 0 Å². The van der Waals surface area contributed by atoms with Crippen LogP contribution >= 0.6 is 0 Å². The lowest BCUT2D eigenvalue weighted by atomic mass is 9.85. The number of carbonyl (C=O) groups excluding carboxylic acids is 2. The number of ketones is 1. The quantitative estimate of drug-likeness (QED) is 0.157. The number of aliphatic hydroxyl groups is 5. The average molecular weight is 548 g/mol. The van der Waals surface area contributed by atoms with Crippen LogP contribution in [0.3, 0.4) is 0 Å². The standard InChI is InChI=1S/C28H53NO9/c1-8-17(3)21(10-19(32)12-24(34)27(5,6)7)29-25(35)13-20(33)11-22(18(4)9-2)38-28(15-31)16-37-23(14-30)26(28)36/h17-23,26,30-33,36H,8-16H2,1-7H3,(H,29,35)/t17-,18-,19-,20-,21-,22-,23+,26?,28?/m0/s1. The minimum Gasteiger partial charge on any atom is -0.394 e. The molecule has 10 nitrogen and oxygen atoms in total. The number of aliphatic hydroxyl groups excluding tert-OH is 5. The van der Waals surface area contributed by atoms with Crippen molar-refractivity contribution in [2.45, 2.75) is 129 Å². The Kier molecular flexibility index (Phi) is 14.3. The highest BCUT2D eigenvalue weighted by Gasteiger charge is 2.51. The zero-order chi connectivity index (χ0) is 29.3. The van der Waals surface area contributed by atoms with E-state index in [2.05, 4.69) is 5.32 Å². The fourth-order valence-corrected chi connectivity index (χ4v) is 4.60. The van der Waals surface area contributed by atoms with Gasteiger partial charge < -0.3 is 40.3 Å². The molecular formula is C28H53NO9. The van der Waals surface area contributed by atoms with Crippen LogP contribution in [0.1, 0.15) is 87.0 Å². The molecule has 1 fully saturated rings. The number of amides is 1. The van der Waals surface area contributed by atoms with Gasteiger partial charge in [-0.3, -0.25) is 9.59 Å². The summed E-state index contributed by atoms with van der Waals surface area (Å²) in [6.45, 7) is 12.2. The van der Waals surface area contributed by atoms with Crippen LogP contribution < -0.4 is 5.32 Å². The van der Waals surface area contributed by atoms with Crippen molar-refractivity contribution < 1.29 is 44.6 Å². The molecule has 0 saturated carbocycles. The second-order valence-electron chi connectivity index (χ2n) is 12.2. The molecule has 1 aliphatic heterocycles. The Balaban J connectivity index is 2.83. The lowest BCUT2D eigenvalue weighted by Gasteiger charge is -2.37. The summed E-state index contributed by atoms with van der Waals surface area (Å²) < 4.78 is 11.6. The van der Waals surface area contributed by atoms with Crippen LogP contribution in [0, 0.1) is 17.3 Å². The van der Waals surface area contributed by atoms with Crippen molar-refractivity contribution in [2.75, 3.05) is 19.8 Å². The topological polar surface area (TPSA) is 166 Å². The average Bonchev–Trinajstić information content (AvgIpc) is 3.16. The summed E-state index contributed by atoms with van der Waals surface area (Å²) in [7, 11) is 0. The Morgan fingerprint density at radius 1 is 1.03 bits per heavy atom. The zero-order valence-electron chi connectivity index (χ0n) is 24.4. The SMILES string of the molecule is CC[C@H](C)[C@H](C[C@H](O)CC(=O)C(C)(C)C)NC(=O)C[C@@H](O)C[C@H](OC1(CO)CO[C@H](CO)C1O)[C@@H](C)CC. The molecule has 6 N–H and O–H groups in total. The number of Topliss-reactive ketones (excluding diaryl/α,β-unsaturated/α-hetero) is 1. The number of rotatable bonds is 17. The van der Waals surface area contributed by atoms with Crippen molar-refractivity contribution in [3.8, 4) is 0 Å². The van der Waals surface area contributed by atoms with Crippen LogP contribution in [-0.2, 0) is 19.1 Å². The molecule has 0 aliphatic carbocycles. The van der Waals surface area contributed by atoms with Gasteiger partial charge >= 0.3 is 0 Å². The monoisotopic (exact) mass is 547 g/mol. The molecule has 1 aliphatic rings. The van der Waals surface area contributed by atoms with E-state index in [0.29, 0.717) is 6.42 Å². The molecule has 10 heteroatoms. The van der Waals surface area contributed by atoms with Gasteiger partial charge in [0.1, 0.15) is 23.6 Å². The molecule has 0 bridgehead atoms. The largest absolute Gasteiger partial charge is 0.394 e. The molecule has 0 aromatic heterocycles. The van der Waals surface area contributed by atoms with Crippen LogP contribution in [-0.4, -0.2) is 99.2 Å². The maximum absolute atomic E-state index is 12.9. The van der Waals surface area contributed by atoms with Gasteiger partial charge in [-0.15, -0.1) is 0 Å². The molecule has 38 heavy (non-hydrogen) atoms. The summed E-state index contributed by atoms with van der Waals surface area (Å²) in [5.74, 6) is -0.421. The third-order valence-corrected chi connectivity index (χ3v) is 7.93. The Labute approximate surface area is 228 Å². The van der Waals surface area contributed by atoms with E-state index in [0.717, 1.165) is 6.42 Å². The first-order chi connectivity index (χ1) is 17.6. The fourth-order valence-electron chi connectivity index (χ4n) is 4.60. The molecule has 1 amide bonds. The van der Waals surface area contributed by atoms with Gasteiger partial charge in [-0.2, -0.15) is 0 Å². The maximum atomic E-state index is 12.9. The summed E-state index contributed by atoms with van der Waals surface area (Å²) >= 11 is 0. The molecule has 0 radical (unpaired) electrons. The Morgan fingerprint density at radius 3 is 2.08 bits per heavy atom. The summed E-state index contributed by atoms with van der Waals surface area (Å²) in [4.78, 5) is 25.2. The molecule has 1 rings (SSSR count). The summed E-state index contributed by atoms with van der Waals surface area (Å²) in [5.41, 5.74) is -1.98. The first-order valence-corrected chi connectivity index (χ1v) is 14.0. The van der Waals surface area contributed by atoms with Gasteiger partial charge in [0.15, 0.2) is 0 Å². The van der Waals surface area contributed by atoms with Gasteiger partial charge in [0.2, 0.25) is 5.91 Å².